The van der Waals surface area contributed by atoms with Crippen molar-refractivity contribution in [1.82, 2.24) is 10.9 Å². The van der Waals surface area contributed by atoms with Gasteiger partial charge in [-0.05, 0) is 24.3 Å². The predicted octanol–water partition coefficient (Wildman–Crippen LogP) is 3.88. The first kappa shape index (κ1) is 18.4. The number of carbonyl (C=O) groups is 2. The van der Waals surface area contributed by atoms with Crippen molar-refractivity contribution < 1.29 is 14.3 Å². The fourth-order valence-electron chi connectivity index (χ4n) is 1.73. The highest BCUT2D eigenvalue weighted by Gasteiger charge is 2.10. The van der Waals surface area contributed by atoms with Crippen molar-refractivity contribution in [2.24, 2.45) is 0 Å². The summed E-state index contributed by atoms with van der Waals surface area (Å²) in [5, 5.41) is 1.09. The van der Waals surface area contributed by atoms with E-state index in [0.29, 0.717) is 20.8 Å². The zero-order valence-electron chi connectivity index (χ0n) is 12.3. The topological polar surface area (TPSA) is 67.4 Å². The van der Waals surface area contributed by atoms with E-state index in [1.807, 2.05) is 0 Å². The standard InChI is InChI=1S/C16H13Cl3N2O3/c17-12-4-2-1-3-11(12)16(23)21-20-15(22)7-8-24-10-5-6-13(18)14(19)9-10/h1-6,9H,7-8H2,(H,20,22)(H,21,23). The van der Waals surface area contributed by atoms with Crippen LogP contribution < -0.4 is 15.6 Å². The smallest absolute Gasteiger partial charge is 0.271 e. The molecule has 2 N–H and O–H groups in total. The maximum absolute atomic E-state index is 11.9. The van der Waals surface area contributed by atoms with E-state index in [1.165, 1.54) is 0 Å². The Morgan fingerprint density at radius 2 is 1.67 bits per heavy atom. The van der Waals surface area contributed by atoms with E-state index in [-0.39, 0.29) is 18.6 Å². The lowest BCUT2D eigenvalue weighted by molar-refractivity contribution is -0.122. The van der Waals surface area contributed by atoms with Crippen LogP contribution in [0.3, 0.4) is 0 Å². The number of ether oxygens (including phenoxy) is 1. The van der Waals surface area contributed by atoms with Crippen LogP contribution in [0, 0.1) is 0 Å². The van der Waals surface area contributed by atoms with Crippen LogP contribution in [-0.2, 0) is 4.79 Å². The second kappa shape index (κ2) is 8.78. The summed E-state index contributed by atoms with van der Waals surface area (Å²) in [5.41, 5.74) is 4.85. The average molecular weight is 388 g/mol. The number of hydrogen-bond acceptors (Lipinski definition) is 3. The molecule has 0 heterocycles. The molecule has 126 valence electrons. The number of rotatable bonds is 5. The Labute approximate surface area is 153 Å². The Bertz CT molecular complexity index is 753. The van der Waals surface area contributed by atoms with Gasteiger partial charge in [0.1, 0.15) is 5.75 Å². The molecule has 0 radical (unpaired) electrons. The summed E-state index contributed by atoms with van der Waals surface area (Å²) < 4.78 is 5.39. The normalized spacial score (nSPS) is 10.1. The summed E-state index contributed by atoms with van der Waals surface area (Å²) in [4.78, 5) is 23.6. The highest BCUT2D eigenvalue weighted by atomic mass is 35.5. The van der Waals surface area contributed by atoms with E-state index < -0.39 is 11.8 Å². The van der Waals surface area contributed by atoms with Gasteiger partial charge in [0.15, 0.2) is 0 Å². The van der Waals surface area contributed by atoms with E-state index in [1.54, 1.807) is 42.5 Å². The van der Waals surface area contributed by atoms with Gasteiger partial charge in [0.2, 0.25) is 5.91 Å². The number of nitrogens with one attached hydrogen (secondary N) is 2. The first-order chi connectivity index (χ1) is 11.5. The van der Waals surface area contributed by atoms with Gasteiger partial charge in [0, 0.05) is 6.07 Å². The van der Waals surface area contributed by atoms with Crippen LogP contribution in [0.2, 0.25) is 15.1 Å². The zero-order chi connectivity index (χ0) is 17.5. The molecule has 0 bridgehead atoms. The van der Waals surface area contributed by atoms with Crippen molar-refractivity contribution in [2.75, 3.05) is 6.61 Å². The summed E-state index contributed by atoms with van der Waals surface area (Å²) in [6.07, 6.45) is 0.0447. The molecule has 0 atom stereocenters. The van der Waals surface area contributed by atoms with Gasteiger partial charge in [-0.3, -0.25) is 20.4 Å². The Hall–Kier alpha value is -1.95. The molecule has 0 saturated heterocycles. The van der Waals surface area contributed by atoms with Gasteiger partial charge in [-0.2, -0.15) is 0 Å². The van der Waals surface area contributed by atoms with E-state index in [4.69, 9.17) is 39.5 Å². The second-order valence-corrected chi connectivity index (χ2v) is 5.88. The predicted molar refractivity (Wildman–Crippen MR) is 93.6 cm³/mol. The van der Waals surface area contributed by atoms with Crippen molar-refractivity contribution in [3.63, 3.8) is 0 Å². The zero-order valence-corrected chi connectivity index (χ0v) is 14.6. The van der Waals surface area contributed by atoms with Gasteiger partial charge in [0.25, 0.3) is 5.91 Å². The number of hydrogen-bond donors (Lipinski definition) is 2. The Morgan fingerprint density at radius 1 is 0.917 bits per heavy atom. The third-order valence-corrected chi connectivity index (χ3v) is 3.99. The molecule has 0 aliphatic rings. The minimum atomic E-state index is -0.501. The van der Waals surface area contributed by atoms with Crippen molar-refractivity contribution in [3.8, 4) is 5.75 Å². The largest absolute Gasteiger partial charge is 0.493 e. The Morgan fingerprint density at radius 3 is 2.38 bits per heavy atom. The van der Waals surface area contributed by atoms with Crippen molar-refractivity contribution in [3.05, 3.63) is 63.1 Å². The van der Waals surface area contributed by atoms with Gasteiger partial charge < -0.3 is 4.74 Å². The average Bonchev–Trinajstić information content (AvgIpc) is 2.56. The molecule has 0 aliphatic heterocycles. The molecule has 0 unspecified atom stereocenters. The summed E-state index contributed by atoms with van der Waals surface area (Å²) in [6.45, 7) is 0.117. The van der Waals surface area contributed by atoms with E-state index in [9.17, 15) is 9.59 Å². The molecule has 0 saturated carbocycles. The van der Waals surface area contributed by atoms with Crippen LogP contribution in [0.5, 0.6) is 5.75 Å². The van der Waals surface area contributed by atoms with Crippen LogP contribution in [0.15, 0.2) is 42.5 Å². The van der Waals surface area contributed by atoms with Crippen molar-refractivity contribution >= 4 is 46.6 Å². The van der Waals surface area contributed by atoms with Gasteiger partial charge >= 0.3 is 0 Å². The lowest BCUT2D eigenvalue weighted by atomic mass is 10.2. The molecular weight excluding hydrogens is 375 g/mol. The summed E-state index contributed by atoms with van der Waals surface area (Å²) in [6, 6.07) is 11.3. The van der Waals surface area contributed by atoms with Crippen LogP contribution in [0.1, 0.15) is 16.8 Å². The summed E-state index contributed by atoms with van der Waals surface area (Å²) >= 11 is 17.6. The molecule has 2 amide bonds. The van der Waals surface area contributed by atoms with Gasteiger partial charge in [-0.1, -0.05) is 46.9 Å². The van der Waals surface area contributed by atoms with Gasteiger partial charge in [-0.15, -0.1) is 0 Å². The highest BCUT2D eigenvalue weighted by Crippen LogP contribution is 2.26. The number of benzene rings is 2. The SMILES string of the molecule is O=C(CCOc1ccc(Cl)c(Cl)c1)NNC(=O)c1ccccc1Cl. The molecule has 0 fully saturated rings. The van der Waals surface area contributed by atoms with Crippen molar-refractivity contribution in [1.29, 1.82) is 0 Å². The van der Waals surface area contributed by atoms with E-state index in [2.05, 4.69) is 10.9 Å². The number of hydrazine groups is 1. The number of carbonyl (C=O) groups excluding carboxylic acids is 2. The molecule has 0 aliphatic carbocycles. The minimum absolute atomic E-state index is 0.0447. The van der Waals surface area contributed by atoms with Gasteiger partial charge in [0.05, 0.1) is 33.7 Å². The van der Waals surface area contributed by atoms with Crippen LogP contribution in [0.25, 0.3) is 0 Å². The monoisotopic (exact) mass is 386 g/mol. The quantitative estimate of drug-likeness (QED) is 0.765. The lowest BCUT2D eigenvalue weighted by Gasteiger charge is -2.09. The van der Waals surface area contributed by atoms with E-state index >= 15 is 0 Å². The molecule has 2 aromatic carbocycles. The van der Waals surface area contributed by atoms with Crippen LogP contribution in [0.4, 0.5) is 0 Å². The molecule has 24 heavy (non-hydrogen) atoms. The Balaban J connectivity index is 1.74. The maximum Gasteiger partial charge on any atom is 0.271 e. The highest BCUT2D eigenvalue weighted by molar-refractivity contribution is 6.42. The first-order valence-electron chi connectivity index (χ1n) is 6.89. The molecule has 5 nitrogen and oxygen atoms in total. The summed E-state index contributed by atoms with van der Waals surface area (Å²) in [7, 11) is 0. The third-order valence-electron chi connectivity index (χ3n) is 2.92. The fraction of sp³-hybridized carbons (Fsp3) is 0.125. The fourth-order valence-corrected chi connectivity index (χ4v) is 2.24. The molecule has 0 spiro atoms. The van der Waals surface area contributed by atoms with Crippen LogP contribution in [-0.4, -0.2) is 18.4 Å². The molecule has 2 rings (SSSR count). The third kappa shape index (κ3) is 5.30. The summed E-state index contributed by atoms with van der Waals surface area (Å²) in [5.74, 6) is -0.410. The second-order valence-electron chi connectivity index (χ2n) is 4.66. The number of halogens is 3. The molecule has 0 aromatic heterocycles. The number of amides is 2. The molecule has 8 heteroatoms. The molecule has 2 aromatic rings. The Kier molecular flexibility index (Phi) is 6.73. The maximum atomic E-state index is 11.9. The molecular formula is C16H13Cl3N2O3. The first-order valence-corrected chi connectivity index (χ1v) is 8.02. The van der Waals surface area contributed by atoms with Crippen LogP contribution >= 0.6 is 34.8 Å². The minimum Gasteiger partial charge on any atom is -0.493 e. The van der Waals surface area contributed by atoms with E-state index in [0.717, 1.165) is 0 Å². The lowest BCUT2D eigenvalue weighted by Crippen LogP contribution is -2.42. The van der Waals surface area contributed by atoms with Gasteiger partial charge in [-0.25, -0.2) is 0 Å². The van der Waals surface area contributed by atoms with Crippen molar-refractivity contribution in [2.45, 2.75) is 6.42 Å².